The quantitative estimate of drug-likeness (QED) is 0.657. The Hall–Kier alpha value is -1.72. The van der Waals surface area contributed by atoms with E-state index in [1.165, 1.54) is 11.6 Å². The lowest BCUT2D eigenvalue weighted by atomic mass is 9.97. The van der Waals surface area contributed by atoms with E-state index in [2.05, 4.69) is 10.5 Å². The Balaban J connectivity index is 2.18. The number of nitrogens with two attached hydrogens (primary N) is 1. The molecule has 2 aromatic rings. The van der Waals surface area contributed by atoms with Crippen LogP contribution in [-0.2, 0) is 13.5 Å². The zero-order valence-corrected chi connectivity index (χ0v) is 13.1. The summed E-state index contributed by atoms with van der Waals surface area (Å²) in [5.41, 5.74) is 7.77. The van der Waals surface area contributed by atoms with E-state index in [9.17, 15) is 4.39 Å². The lowest BCUT2D eigenvalue weighted by Gasteiger charge is -2.17. The van der Waals surface area contributed by atoms with Crippen LogP contribution in [0, 0.1) is 26.6 Å². The van der Waals surface area contributed by atoms with E-state index in [4.69, 9.17) is 5.84 Å². The van der Waals surface area contributed by atoms with Gasteiger partial charge in [-0.15, -0.1) is 0 Å². The van der Waals surface area contributed by atoms with Crippen molar-refractivity contribution in [2.24, 2.45) is 12.9 Å². The fraction of sp³-hybridized carbons (Fsp3) is 0.438. The minimum atomic E-state index is -0.219. The van der Waals surface area contributed by atoms with Gasteiger partial charge in [-0.3, -0.25) is 16.0 Å². The molecule has 0 radical (unpaired) electrons. The lowest BCUT2D eigenvalue weighted by molar-refractivity contribution is 0.484. The van der Waals surface area contributed by atoms with Crippen LogP contribution in [0.3, 0.4) is 0 Å². The summed E-state index contributed by atoms with van der Waals surface area (Å²) in [6.07, 6.45) is 1.54. The largest absolute Gasteiger partial charge is 0.272 e. The zero-order chi connectivity index (χ0) is 15.6. The summed E-state index contributed by atoms with van der Waals surface area (Å²) in [6.45, 7) is 6.00. The van der Waals surface area contributed by atoms with E-state index in [-0.39, 0.29) is 11.9 Å². The third-order valence-corrected chi connectivity index (χ3v) is 4.07. The first-order chi connectivity index (χ1) is 9.93. The first-order valence-corrected chi connectivity index (χ1v) is 7.15. The van der Waals surface area contributed by atoms with E-state index in [0.717, 1.165) is 29.8 Å². The minimum Gasteiger partial charge on any atom is -0.272 e. The van der Waals surface area contributed by atoms with Gasteiger partial charge in [-0.2, -0.15) is 5.10 Å². The molecule has 114 valence electrons. The summed E-state index contributed by atoms with van der Waals surface area (Å²) in [5, 5.41) is 4.41. The van der Waals surface area contributed by atoms with E-state index in [0.29, 0.717) is 5.56 Å². The van der Waals surface area contributed by atoms with Gasteiger partial charge in [0, 0.05) is 24.3 Å². The predicted molar refractivity (Wildman–Crippen MR) is 82.2 cm³/mol. The van der Waals surface area contributed by atoms with Crippen molar-refractivity contribution in [1.82, 2.24) is 15.2 Å². The van der Waals surface area contributed by atoms with Crippen LogP contribution in [0.1, 0.15) is 40.5 Å². The average Bonchev–Trinajstić information content (AvgIpc) is 2.69. The molecule has 0 amide bonds. The number of benzene rings is 1. The second-order valence-electron chi connectivity index (χ2n) is 5.56. The van der Waals surface area contributed by atoms with Crippen LogP contribution in [0.15, 0.2) is 18.2 Å². The van der Waals surface area contributed by atoms with Crippen LogP contribution in [0.25, 0.3) is 0 Å². The first-order valence-electron chi connectivity index (χ1n) is 7.15. The summed E-state index contributed by atoms with van der Waals surface area (Å²) >= 11 is 0. The number of hydrogen-bond acceptors (Lipinski definition) is 3. The van der Waals surface area contributed by atoms with Crippen molar-refractivity contribution in [2.75, 3.05) is 0 Å². The Labute approximate surface area is 125 Å². The SMILES string of the molecule is Cc1ccc(F)c(C(CCc2c(C)nn(C)c2C)NN)c1. The van der Waals surface area contributed by atoms with E-state index in [1.54, 1.807) is 6.07 Å². The number of hydrazine groups is 1. The highest BCUT2D eigenvalue weighted by Gasteiger charge is 2.17. The van der Waals surface area contributed by atoms with Crippen molar-refractivity contribution in [3.05, 3.63) is 52.1 Å². The molecule has 5 heteroatoms. The highest BCUT2D eigenvalue weighted by atomic mass is 19.1. The maximum atomic E-state index is 14.0. The second-order valence-corrected chi connectivity index (χ2v) is 5.56. The third-order valence-electron chi connectivity index (χ3n) is 4.07. The van der Waals surface area contributed by atoms with E-state index < -0.39 is 0 Å². The fourth-order valence-corrected chi connectivity index (χ4v) is 2.73. The molecule has 0 bridgehead atoms. The summed E-state index contributed by atoms with van der Waals surface area (Å²) in [5.74, 6) is 5.41. The van der Waals surface area contributed by atoms with Crippen molar-refractivity contribution in [1.29, 1.82) is 0 Å². The highest BCUT2D eigenvalue weighted by molar-refractivity contribution is 5.28. The van der Waals surface area contributed by atoms with Gasteiger partial charge >= 0.3 is 0 Å². The van der Waals surface area contributed by atoms with Gasteiger partial charge in [-0.1, -0.05) is 17.7 Å². The van der Waals surface area contributed by atoms with Gasteiger partial charge in [0.15, 0.2) is 0 Å². The van der Waals surface area contributed by atoms with Crippen molar-refractivity contribution < 1.29 is 4.39 Å². The van der Waals surface area contributed by atoms with Crippen LogP contribution in [0.5, 0.6) is 0 Å². The number of nitrogens with zero attached hydrogens (tertiary/aromatic N) is 2. The molecule has 0 aliphatic carbocycles. The fourth-order valence-electron chi connectivity index (χ4n) is 2.73. The molecule has 1 atom stereocenters. The van der Waals surface area contributed by atoms with Crippen molar-refractivity contribution in [2.45, 2.75) is 39.7 Å². The standard InChI is InChI=1S/C16H23FN4/c1-10-5-7-15(17)14(9-10)16(19-18)8-6-13-11(2)20-21(4)12(13)3/h5,7,9,16,19H,6,8,18H2,1-4H3. The summed E-state index contributed by atoms with van der Waals surface area (Å²) in [4.78, 5) is 0. The monoisotopic (exact) mass is 290 g/mol. The zero-order valence-electron chi connectivity index (χ0n) is 13.1. The lowest BCUT2D eigenvalue weighted by Crippen LogP contribution is -2.29. The number of halogens is 1. The molecule has 1 heterocycles. The molecule has 21 heavy (non-hydrogen) atoms. The molecule has 1 aromatic carbocycles. The Kier molecular flexibility index (Phi) is 4.75. The Morgan fingerprint density at radius 2 is 2.05 bits per heavy atom. The molecule has 1 aromatic heterocycles. The highest BCUT2D eigenvalue weighted by Crippen LogP contribution is 2.24. The molecule has 0 aliphatic rings. The van der Waals surface area contributed by atoms with Crippen molar-refractivity contribution >= 4 is 0 Å². The smallest absolute Gasteiger partial charge is 0.128 e. The number of aromatic nitrogens is 2. The molecule has 0 fully saturated rings. The maximum Gasteiger partial charge on any atom is 0.128 e. The normalized spacial score (nSPS) is 12.7. The predicted octanol–water partition coefficient (Wildman–Crippen LogP) is 2.62. The summed E-state index contributed by atoms with van der Waals surface area (Å²) in [7, 11) is 1.94. The van der Waals surface area contributed by atoms with Crippen molar-refractivity contribution in [3.63, 3.8) is 0 Å². The van der Waals surface area contributed by atoms with Gasteiger partial charge < -0.3 is 0 Å². The third kappa shape index (κ3) is 3.31. The first kappa shape index (κ1) is 15.7. The van der Waals surface area contributed by atoms with E-state index >= 15 is 0 Å². The van der Waals surface area contributed by atoms with E-state index in [1.807, 2.05) is 38.6 Å². The summed E-state index contributed by atoms with van der Waals surface area (Å²) in [6, 6.07) is 4.91. The molecule has 0 saturated heterocycles. The molecule has 4 nitrogen and oxygen atoms in total. The molecule has 2 rings (SSSR count). The molecular formula is C16H23FN4. The topological polar surface area (TPSA) is 55.9 Å². The Bertz CT molecular complexity index is 633. The van der Waals surface area contributed by atoms with Crippen molar-refractivity contribution in [3.8, 4) is 0 Å². The second kappa shape index (κ2) is 6.37. The van der Waals surface area contributed by atoms with Crippen LogP contribution in [0.2, 0.25) is 0 Å². The van der Waals surface area contributed by atoms with Crippen LogP contribution >= 0.6 is 0 Å². The van der Waals surface area contributed by atoms with Crippen LogP contribution < -0.4 is 11.3 Å². The number of hydrogen-bond donors (Lipinski definition) is 2. The van der Waals surface area contributed by atoms with Gasteiger partial charge in [0.05, 0.1) is 5.69 Å². The number of aryl methyl sites for hydroxylation is 3. The van der Waals surface area contributed by atoms with Gasteiger partial charge in [-0.25, -0.2) is 4.39 Å². The van der Waals surface area contributed by atoms with Gasteiger partial charge in [0.1, 0.15) is 5.82 Å². The van der Waals surface area contributed by atoms with Gasteiger partial charge in [-0.05, 0) is 45.2 Å². The van der Waals surface area contributed by atoms with Crippen LogP contribution in [-0.4, -0.2) is 9.78 Å². The molecule has 1 unspecified atom stereocenters. The molecule has 0 spiro atoms. The molecule has 3 N–H and O–H groups in total. The Morgan fingerprint density at radius 1 is 1.33 bits per heavy atom. The molecule has 0 aliphatic heterocycles. The molecular weight excluding hydrogens is 267 g/mol. The average molecular weight is 290 g/mol. The van der Waals surface area contributed by atoms with Crippen LogP contribution in [0.4, 0.5) is 4.39 Å². The Morgan fingerprint density at radius 3 is 2.62 bits per heavy atom. The van der Waals surface area contributed by atoms with Gasteiger partial charge in [0.2, 0.25) is 0 Å². The molecule has 0 saturated carbocycles. The number of rotatable bonds is 5. The summed E-state index contributed by atoms with van der Waals surface area (Å²) < 4.78 is 15.9. The maximum absolute atomic E-state index is 14.0. The minimum absolute atomic E-state index is 0.205. The number of nitrogens with one attached hydrogen (secondary N) is 1. The van der Waals surface area contributed by atoms with Gasteiger partial charge in [0.25, 0.3) is 0 Å².